The molecule has 0 aliphatic heterocycles. The van der Waals surface area contributed by atoms with E-state index in [0.29, 0.717) is 26.3 Å². The van der Waals surface area contributed by atoms with Gasteiger partial charge in [-0.05, 0) is 30.2 Å². The molecule has 0 aliphatic rings. The first-order valence-electron chi connectivity index (χ1n) is 8.19. The number of guanidine groups is 1. The Morgan fingerprint density at radius 3 is 2.46 bits per heavy atom. The number of rotatable bonds is 8. The number of benzene rings is 2. The number of aromatic hydroxyl groups is 1. The summed E-state index contributed by atoms with van der Waals surface area (Å²) in [4.78, 5) is 4.53. The lowest BCUT2D eigenvalue weighted by Crippen LogP contribution is -2.38. The maximum absolute atomic E-state index is 9.29. The number of nitrogens with zero attached hydrogens (tertiary/aromatic N) is 1. The van der Waals surface area contributed by atoms with Gasteiger partial charge in [0, 0.05) is 13.1 Å². The first kappa shape index (κ1) is 17.8. The van der Waals surface area contributed by atoms with Crippen molar-refractivity contribution in [3.63, 3.8) is 0 Å². The van der Waals surface area contributed by atoms with Crippen molar-refractivity contribution in [1.82, 2.24) is 10.6 Å². The molecule has 5 heteroatoms. The Bertz CT molecular complexity index is 612. The van der Waals surface area contributed by atoms with E-state index in [9.17, 15) is 5.11 Å². The van der Waals surface area contributed by atoms with E-state index < -0.39 is 0 Å². The largest absolute Gasteiger partial charge is 0.508 e. The molecule has 3 N–H and O–H groups in total. The van der Waals surface area contributed by atoms with E-state index in [1.165, 1.54) is 5.56 Å². The first-order valence-corrected chi connectivity index (χ1v) is 8.19. The number of ether oxygens (including phenoxy) is 1. The molecule has 0 fully saturated rings. The van der Waals surface area contributed by atoms with Crippen molar-refractivity contribution in [2.24, 2.45) is 4.99 Å². The number of phenolic OH excluding ortho intramolecular Hbond substituents is 1. The third-order valence-electron chi connectivity index (χ3n) is 3.35. The minimum Gasteiger partial charge on any atom is -0.508 e. The smallest absolute Gasteiger partial charge is 0.191 e. The quantitative estimate of drug-likeness (QED) is 0.396. The van der Waals surface area contributed by atoms with E-state index in [1.807, 2.05) is 37.3 Å². The van der Waals surface area contributed by atoms with Crippen LogP contribution in [0.4, 0.5) is 0 Å². The van der Waals surface area contributed by atoms with Crippen LogP contribution in [0.1, 0.15) is 18.1 Å². The van der Waals surface area contributed by atoms with Crippen LogP contribution in [-0.2, 0) is 17.9 Å². The molecule has 128 valence electrons. The molecule has 0 spiro atoms. The summed E-state index contributed by atoms with van der Waals surface area (Å²) in [5, 5.41) is 15.8. The Morgan fingerprint density at radius 2 is 1.75 bits per heavy atom. The zero-order chi connectivity index (χ0) is 17.0. The van der Waals surface area contributed by atoms with Crippen LogP contribution in [0, 0.1) is 0 Å². The highest BCUT2D eigenvalue weighted by Gasteiger charge is 1.98. The van der Waals surface area contributed by atoms with Gasteiger partial charge in [-0.1, -0.05) is 42.5 Å². The molecule has 5 nitrogen and oxygen atoms in total. The van der Waals surface area contributed by atoms with Gasteiger partial charge in [-0.15, -0.1) is 0 Å². The zero-order valence-corrected chi connectivity index (χ0v) is 14.0. The Balaban J connectivity index is 1.72. The first-order chi connectivity index (χ1) is 11.8. The molecular weight excluding hydrogens is 302 g/mol. The van der Waals surface area contributed by atoms with Crippen molar-refractivity contribution in [2.45, 2.75) is 20.1 Å². The van der Waals surface area contributed by atoms with Crippen LogP contribution in [0.25, 0.3) is 0 Å². The third kappa shape index (κ3) is 6.71. The normalized spacial score (nSPS) is 11.3. The Hall–Kier alpha value is -2.53. The van der Waals surface area contributed by atoms with Gasteiger partial charge in [-0.3, -0.25) is 0 Å². The summed E-state index contributed by atoms with van der Waals surface area (Å²) in [6, 6.07) is 17.2. The fourth-order valence-corrected chi connectivity index (χ4v) is 2.12. The summed E-state index contributed by atoms with van der Waals surface area (Å²) < 4.78 is 5.65. The van der Waals surface area contributed by atoms with E-state index in [4.69, 9.17) is 4.74 Å². The molecule has 2 aromatic carbocycles. The minimum atomic E-state index is 0.267. The Morgan fingerprint density at radius 1 is 1.00 bits per heavy atom. The third-order valence-corrected chi connectivity index (χ3v) is 3.35. The molecule has 2 aromatic rings. The molecular formula is C19H25N3O2. The van der Waals surface area contributed by atoms with Crippen LogP contribution in [0.3, 0.4) is 0 Å². The standard InChI is InChI=1S/C19H25N3O2/c1-2-20-19(22-14-16-8-10-18(23)11-9-16)21-12-13-24-15-17-6-4-3-5-7-17/h3-11,23H,2,12-15H2,1H3,(H2,20,21,22). The Kier molecular flexibility index (Phi) is 7.63. The number of nitrogens with one attached hydrogen (secondary N) is 2. The summed E-state index contributed by atoms with van der Waals surface area (Å²) in [6.45, 7) is 5.30. The van der Waals surface area contributed by atoms with Crippen molar-refractivity contribution in [3.8, 4) is 5.75 Å². The summed E-state index contributed by atoms with van der Waals surface area (Å²) in [5.41, 5.74) is 2.22. The van der Waals surface area contributed by atoms with E-state index >= 15 is 0 Å². The van der Waals surface area contributed by atoms with Crippen LogP contribution in [0.15, 0.2) is 59.6 Å². The summed E-state index contributed by atoms with van der Waals surface area (Å²) in [7, 11) is 0. The molecule has 0 heterocycles. The van der Waals surface area contributed by atoms with Crippen molar-refractivity contribution in [1.29, 1.82) is 0 Å². The van der Waals surface area contributed by atoms with Crippen LogP contribution in [0.2, 0.25) is 0 Å². The second-order valence-electron chi connectivity index (χ2n) is 5.33. The van der Waals surface area contributed by atoms with E-state index in [2.05, 4.69) is 27.8 Å². The van der Waals surface area contributed by atoms with Gasteiger partial charge in [0.05, 0.1) is 19.8 Å². The van der Waals surface area contributed by atoms with Gasteiger partial charge in [-0.2, -0.15) is 0 Å². The van der Waals surface area contributed by atoms with Crippen LogP contribution >= 0.6 is 0 Å². The van der Waals surface area contributed by atoms with Gasteiger partial charge in [-0.25, -0.2) is 4.99 Å². The average Bonchev–Trinajstić information content (AvgIpc) is 2.61. The average molecular weight is 327 g/mol. The topological polar surface area (TPSA) is 65.9 Å². The van der Waals surface area contributed by atoms with Crippen LogP contribution in [-0.4, -0.2) is 30.8 Å². The number of aliphatic imine (C=N–C) groups is 1. The van der Waals surface area contributed by atoms with Gasteiger partial charge in [0.15, 0.2) is 5.96 Å². The van der Waals surface area contributed by atoms with Gasteiger partial charge in [0.1, 0.15) is 5.75 Å². The highest BCUT2D eigenvalue weighted by atomic mass is 16.5. The van der Waals surface area contributed by atoms with Crippen molar-refractivity contribution >= 4 is 5.96 Å². The van der Waals surface area contributed by atoms with Gasteiger partial charge < -0.3 is 20.5 Å². The molecule has 0 bridgehead atoms. The van der Waals surface area contributed by atoms with Crippen molar-refractivity contribution in [2.75, 3.05) is 19.7 Å². The number of hydrogen-bond acceptors (Lipinski definition) is 3. The Labute approximate surface area is 143 Å². The molecule has 0 saturated heterocycles. The van der Waals surface area contributed by atoms with Crippen LogP contribution in [0.5, 0.6) is 5.75 Å². The monoisotopic (exact) mass is 327 g/mol. The summed E-state index contributed by atoms with van der Waals surface area (Å²) in [5.74, 6) is 1.03. The highest BCUT2D eigenvalue weighted by molar-refractivity contribution is 5.79. The van der Waals surface area contributed by atoms with E-state index in [-0.39, 0.29) is 5.75 Å². The van der Waals surface area contributed by atoms with Gasteiger partial charge in [0.25, 0.3) is 0 Å². The van der Waals surface area contributed by atoms with Crippen molar-refractivity contribution < 1.29 is 9.84 Å². The second-order valence-corrected chi connectivity index (χ2v) is 5.33. The molecule has 0 radical (unpaired) electrons. The predicted octanol–water partition coefficient (Wildman–Crippen LogP) is 2.66. The van der Waals surface area contributed by atoms with Gasteiger partial charge in [0.2, 0.25) is 0 Å². The zero-order valence-electron chi connectivity index (χ0n) is 14.0. The predicted molar refractivity (Wildman–Crippen MR) is 97.0 cm³/mol. The number of hydrogen-bond donors (Lipinski definition) is 3. The second kappa shape index (κ2) is 10.3. The van der Waals surface area contributed by atoms with Gasteiger partial charge >= 0.3 is 0 Å². The highest BCUT2D eigenvalue weighted by Crippen LogP contribution is 2.10. The SMILES string of the molecule is CCNC(=NCc1ccc(O)cc1)NCCOCc1ccccc1. The summed E-state index contributed by atoms with van der Waals surface area (Å²) in [6.07, 6.45) is 0. The molecule has 0 aromatic heterocycles. The summed E-state index contributed by atoms with van der Waals surface area (Å²) >= 11 is 0. The lowest BCUT2D eigenvalue weighted by Gasteiger charge is -2.11. The van der Waals surface area contributed by atoms with Crippen LogP contribution < -0.4 is 10.6 Å². The lowest BCUT2D eigenvalue weighted by molar-refractivity contribution is 0.125. The number of phenols is 1. The maximum Gasteiger partial charge on any atom is 0.191 e. The maximum atomic E-state index is 9.29. The molecule has 0 aliphatic carbocycles. The van der Waals surface area contributed by atoms with E-state index in [0.717, 1.165) is 18.1 Å². The molecule has 0 unspecified atom stereocenters. The molecule has 2 rings (SSSR count). The van der Waals surface area contributed by atoms with E-state index in [1.54, 1.807) is 12.1 Å². The lowest BCUT2D eigenvalue weighted by atomic mass is 10.2. The fraction of sp³-hybridized carbons (Fsp3) is 0.316. The van der Waals surface area contributed by atoms with Crippen molar-refractivity contribution in [3.05, 3.63) is 65.7 Å². The molecule has 24 heavy (non-hydrogen) atoms. The molecule has 0 atom stereocenters. The molecule has 0 saturated carbocycles. The fourth-order valence-electron chi connectivity index (χ4n) is 2.12. The minimum absolute atomic E-state index is 0.267. The molecule has 0 amide bonds.